The Morgan fingerprint density at radius 2 is 1.44 bits per heavy atom. The fraction of sp³-hybridized carbons (Fsp3) is 1.00. The highest BCUT2D eigenvalue weighted by molar-refractivity contribution is 4.84. The van der Waals surface area contributed by atoms with Crippen LogP contribution in [0.4, 0.5) is 0 Å². The molecule has 0 bridgehead atoms. The van der Waals surface area contributed by atoms with Crippen molar-refractivity contribution in [2.45, 2.75) is 90.6 Å². The Morgan fingerprint density at radius 3 is 2.11 bits per heavy atom. The maximum absolute atomic E-state index is 3.97. The fourth-order valence-corrected chi connectivity index (χ4v) is 4.13. The van der Waals surface area contributed by atoms with E-state index in [9.17, 15) is 0 Å². The Balaban J connectivity index is 1.77. The first-order chi connectivity index (χ1) is 8.66. The minimum absolute atomic E-state index is 0.751. The van der Waals surface area contributed by atoms with Gasteiger partial charge in [0.1, 0.15) is 0 Å². The van der Waals surface area contributed by atoms with Crippen molar-refractivity contribution in [2.75, 3.05) is 0 Å². The largest absolute Gasteiger partial charge is 0.311 e. The van der Waals surface area contributed by atoms with E-state index in [2.05, 4.69) is 26.1 Å². The number of hydrogen-bond acceptors (Lipinski definition) is 1. The lowest BCUT2D eigenvalue weighted by molar-refractivity contribution is 0.195. The Labute approximate surface area is 114 Å². The lowest BCUT2D eigenvalue weighted by atomic mass is 9.78. The summed E-state index contributed by atoms with van der Waals surface area (Å²) >= 11 is 0. The molecule has 2 fully saturated rings. The molecule has 2 aliphatic carbocycles. The maximum Gasteiger partial charge on any atom is 0.00723 e. The zero-order valence-corrected chi connectivity index (χ0v) is 12.8. The van der Waals surface area contributed by atoms with E-state index in [1.807, 2.05) is 0 Å². The topological polar surface area (TPSA) is 12.0 Å². The summed E-state index contributed by atoms with van der Waals surface area (Å²) in [5.41, 5.74) is 0. The van der Waals surface area contributed by atoms with Crippen LogP contribution in [0.3, 0.4) is 0 Å². The summed E-state index contributed by atoms with van der Waals surface area (Å²) in [4.78, 5) is 0. The molecule has 2 saturated carbocycles. The average molecular weight is 251 g/mol. The molecule has 1 heteroatoms. The van der Waals surface area contributed by atoms with Gasteiger partial charge in [-0.25, -0.2) is 0 Å². The normalized spacial score (nSPS) is 32.7. The van der Waals surface area contributed by atoms with E-state index < -0.39 is 0 Å². The van der Waals surface area contributed by atoms with Gasteiger partial charge in [-0.3, -0.25) is 0 Å². The van der Waals surface area contributed by atoms with Crippen molar-refractivity contribution in [1.82, 2.24) is 5.32 Å². The predicted molar refractivity (Wildman–Crippen MR) is 79.8 cm³/mol. The quantitative estimate of drug-likeness (QED) is 0.759. The van der Waals surface area contributed by atoms with Crippen LogP contribution in [-0.2, 0) is 0 Å². The first-order valence-electron chi connectivity index (χ1n) is 8.43. The van der Waals surface area contributed by atoms with Gasteiger partial charge < -0.3 is 5.32 Å². The van der Waals surface area contributed by atoms with Crippen molar-refractivity contribution in [1.29, 1.82) is 0 Å². The summed E-state index contributed by atoms with van der Waals surface area (Å²) in [7, 11) is 0. The second-order valence-corrected chi connectivity index (χ2v) is 7.22. The van der Waals surface area contributed by atoms with E-state index >= 15 is 0 Å². The van der Waals surface area contributed by atoms with Crippen molar-refractivity contribution in [3.05, 3.63) is 0 Å². The SMILES string of the molecule is CC(C)C1CCCC(N[C@H](C)C2CCCCC2)C1. The first-order valence-corrected chi connectivity index (χ1v) is 8.43. The van der Waals surface area contributed by atoms with Gasteiger partial charge in [0.05, 0.1) is 0 Å². The first kappa shape index (κ1) is 14.4. The van der Waals surface area contributed by atoms with E-state index in [0.717, 1.165) is 29.8 Å². The minimum Gasteiger partial charge on any atom is -0.311 e. The molecule has 0 aromatic rings. The molecular weight excluding hydrogens is 218 g/mol. The van der Waals surface area contributed by atoms with Crippen LogP contribution < -0.4 is 5.32 Å². The monoisotopic (exact) mass is 251 g/mol. The van der Waals surface area contributed by atoms with E-state index in [1.54, 1.807) is 0 Å². The number of rotatable bonds is 4. The van der Waals surface area contributed by atoms with Crippen LogP contribution in [0, 0.1) is 17.8 Å². The van der Waals surface area contributed by atoms with Crippen molar-refractivity contribution >= 4 is 0 Å². The van der Waals surface area contributed by atoms with Gasteiger partial charge in [0, 0.05) is 12.1 Å². The number of hydrogen-bond donors (Lipinski definition) is 1. The molecule has 18 heavy (non-hydrogen) atoms. The molecular formula is C17H33N. The molecule has 0 amide bonds. The zero-order chi connectivity index (χ0) is 13.0. The summed E-state index contributed by atoms with van der Waals surface area (Å²) in [5, 5.41) is 3.97. The van der Waals surface area contributed by atoms with Gasteiger partial charge in [0.25, 0.3) is 0 Å². The summed E-state index contributed by atoms with van der Waals surface area (Å²) in [5.74, 6) is 2.80. The lowest BCUT2D eigenvalue weighted by Gasteiger charge is -2.36. The van der Waals surface area contributed by atoms with Gasteiger partial charge in [0.15, 0.2) is 0 Å². The fourth-order valence-electron chi connectivity index (χ4n) is 4.13. The smallest absolute Gasteiger partial charge is 0.00723 e. The molecule has 0 saturated heterocycles. The van der Waals surface area contributed by atoms with E-state index in [1.165, 1.54) is 57.8 Å². The van der Waals surface area contributed by atoms with Crippen molar-refractivity contribution < 1.29 is 0 Å². The summed E-state index contributed by atoms with van der Waals surface area (Å²) in [6.45, 7) is 7.24. The molecule has 1 nitrogen and oxygen atoms in total. The molecule has 0 aromatic carbocycles. The second-order valence-electron chi connectivity index (χ2n) is 7.22. The van der Waals surface area contributed by atoms with E-state index in [0.29, 0.717) is 0 Å². The Morgan fingerprint density at radius 1 is 0.778 bits per heavy atom. The van der Waals surface area contributed by atoms with Gasteiger partial charge in [-0.15, -0.1) is 0 Å². The minimum atomic E-state index is 0.751. The molecule has 2 aliphatic rings. The van der Waals surface area contributed by atoms with E-state index in [-0.39, 0.29) is 0 Å². The third-order valence-electron chi connectivity index (χ3n) is 5.51. The number of nitrogens with one attached hydrogen (secondary N) is 1. The predicted octanol–water partition coefficient (Wildman–Crippen LogP) is 4.76. The van der Waals surface area contributed by atoms with Crippen molar-refractivity contribution in [3.63, 3.8) is 0 Å². The highest BCUT2D eigenvalue weighted by Gasteiger charge is 2.27. The molecule has 1 N–H and O–H groups in total. The average Bonchev–Trinajstić information content (AvgIpc) is 2.40. The summed E-state index contributed by atoms with van der Waals surface area (Å²) in [6, 6.07) is 1.56. The van der Waals surface area contributed by atoms with Gasteiger partial charge in [-0.05, 0) is 50.4 Å². The van der Waals surface area contributed by atoms with Gasteiger partial charge in [-0.1, -0.05) is 46.0 Å². The van der Waals surface area contributed by atoms with Crippen LogP contribution in [0.15, 0.2) is 0 Å². The van der Waals surface area contributed by atoms with Crippen LogP contribution in [0.25, 0.3) is 0 Å². The summed E-state index contributed by atoms with van der Waals surface area (Å²) < 4.78 is 0. The molecule has 0 heterocycles. The molecule has 0 aromatic heterocycles. The molecule has 0 spiro atoms. The van der Waals surface area contributed by atoms with Crippen LogP contribution in [0.2, 0.25) is 0 Å². The van der Waals surface area contributed by atoms with Gasteiger partial charge >= 0.3 is 0 Å². The van der Waals surface area contributed by atoms with Crippen LogP contribution in [-0.4, -0.2) is 12.1 Å². The van der Waals surface area contributed by atoms with Crippen molar-refractivity contribution in [3.8, 4) is 0 Å². The van der Waals surface area contributed by atoms with E-state index in [4.69, 9.17) is 0 Å². The second kappa shape index (κ2) is 6.93. The van der Waals surface area contributed by atoms with Crippen LogP contribution >= 0.6 is 0 Å². The maximum atomic E-state index is 3.97. The van der Waals surface area contributed by atoms with Gasteiger partial charge in [-0.2, -0.15) is 0 Å². The molecule has 106 valence electrons. The Bertz CT molecular complexity index is 230. The summed E-state index contributed by atoms with van der Waals surface area (Å²) in [6.07, 6.45) is 13.1. The molecule has 0 aliphatic heterocycles. The molecule has 3 atom stereocenters. The van der Waals surface area contributed by atoms with Crippen LogP contribution in [0.1, 0.15) is 78.6 Å². The molecule has 0 radical (unpaired) electrons. The third kappa shape index (κ3) is 3.98. The molecule has 2 rings (SSSR count). The third-order valence-corrected chi connectivity index (χ3v) is 5.51. The lowest BCUT2D eigenvalue weighted by Crippen LogP contribution is -2.44. The highest BCUT2D eigenvalue weighted by Crippen LogP contribution is 2.32. The van der Waals surface area contributed by atoms with Gasteiger partial charge in [0.2, 0.25) is 0 Å². The highest BCUT2D eigenvalue weighted by atomic mass is 15.0. The van der Waals surface area contributed by atoms with Crippen molar-refractivity contribution in [2.24, 2.45) is 17.8 Å². The molecule has 2 unspecified atom stereocenters. The Hall–Kier alpha value is -0.0400. The standard InChI is InChI=1S/C17H33N/c1-13(2)16-10-7-11-17(12-16)18-14(3)15-8-5-4-6-9-15/h13-18H,4-12H2,1-3H3/t14-,16?,17?/m1/s1. The Kier molecular flexibility index (Phi) is 5.54. The zero-order valence-electron chi connectivity index (χ0n) is 12.8. The van der Waals surface area contributed by atoms with Crippen LogP contribution in [0.5, 0.6) is 0 Å².